The number of carbonyl (C=O) groups is 2. The van der Waals surface area contributed by atoms with E-state index in [1.165, 1.54) is 32.4 Å². The lowest BCUT2D eigenvalue weighted by Gasteiger charge is -2.26. The predicted molar refractivity (Wildman–Crippen MR) is 113 cm³/mol. The van der Waals surface area contributed by atoms with Crippen LogP contribution in [0.15, 0.2) is 54.6 Å². The van der Waals surface area contributed by atoms with Crippen molar-refractivity contribution in [2.24, 2.45) is 0 Å². The molecule has 28 heavy (non-hydrogen) atoms. The van der Waals surface area contributed by atoms with E-state index in [1.54, 1.807) is 0 Å². The summed E-state index contributed by atoms with van der Waals surface area (Å²) in [6.07, 6.45) is 4.91. The molecule has 3 rings (SSSR count). The van der Waals surface area contributed by atoms with Gasteiger partial charge in [-0.15, -0.1) is 0 Å². The Morgan fingerprint density at radius 3 is 2.43 bits per heavy atom. The molecule has 0 unspecified atom stereocenters. The highest BCUT2D eigenvalue weighted by Gasteiger charge is 2.17. The van der Waals surface area contributed by atoms with Crippen molar-refractivity contribution in [3.8, 4) is 0 Å². The molecule has 4 nitrogen and oxygen atoms in total. The number of piperidine rings is 1. The van der Waals surface area contributed by atoms with Crippen LogP contribution in [0.4, 0.5) is 0 Å². The summed E-state index contributed by atoms with van der Waals surface area (Å²) in [6.45, 7) is 6.02. The molecule has 2 aromatic rings. The quantitative estimate of drug-likeness (QED) is 0.558. The molecule has 1 aliphatic heterocycles. The van der Waals surface area contributed by atoms with E-state index in [0.717, 1.165) is 18.5 Å². The van der Waals surface area contributed by atoms with Crippen molar-refractivity contribution in [1.82, 2.24) is 10.2 Å². The molecule has 1 saturated heterocycles. The minimum atomic E-state index is -0.279. The number of rotatable bonds is 8. The molecule has 148 valence electrons. The van der Waals surface area contributed by atoms with Crippen LogP contribution < -0.4 is 5.32 Å². The van der Waals surface area contributed by atoms with Crippen molar-refractivity contribution in [2.75, 3.05) is 26.2 Å². The molecule has 1 N–H and O–H groups in total. The number of hydrogen-bond donors (Lipinski definition) is 1. The standard InChI is InChI=1S/C24H30N2O2/c1-19(24(28)25-14-9-17-26-15-6-3-7-16-26)21-12-8-13-22(18-21)23(27)20-10-4-2-5-11-20/h2,4-5,8,10-13,18-19H,3,6-7,9,14-17H2,1H3,(H,25,28)/t19-/m1/s1. The Balaban J connectivity index is 1.52. The highest BCUT2D eigenvalue weighted by Crippen LogP contribution is 2.19. The first-order valence-corrected chi connectivity index (χ1v) is 10.3. The van der Waals surface area contributed by atoms with Crippen LogP contribution in [0, 0.1) is 0 Å². The number of likely N-dealkylation sites (tertiary alicyclic amines) is 1. The lowest BCUT2D eigenvalue weighted by molar-refractivity contribution is -0.122. The highest BCUT2D eigenvalue weighted by molar-refractivity contribution is 6.09. The number of hydrogen-bond acceptors (Lipinski definition) is 3. The Morgan fingerprint density at radius 2 is 1.68 bits per heavy atom. The largest absolute Gasteiger partial charge is 0.356 e. The lowest BCUT2D eigenvalue weighted by atomic mass is 9.95. The van der Waals surface area contributed by atoms with E-state index < -0.39 is 0 Å². The molecule has 0 spiro atoms. The van der Waals surface area contributed by atoms with Crippen molar-refractivity contribution in [3.63, 3.8) is 0 Å². The van der Waals surface area contributed by atoms with E-state index >= 15 is 0 Å². The minimum Gasteiger partial charge on any atom is -0.356 e. The SMILES string of the molecule is C[C@@H](C(=O)NCCCN1CCCCC1)c1cccc(C(=O)c2ccccc2)c1. The van der Waals surface area contributed by atoms with Gasteiger partial charge in [0.2, 0.25) is 5.91 Å². The van der Waals surface area contributed by atoms with Crippen molar-refractivity contribution in [3.05, 3.63) is 71.3 Å². The van der Waals surface area contributed by atoms with Gasteiger partial charge in [-0.05, 0) is 57.5 Å². The monoisotopic (exact) mass is 378 g/mol. The molecular weight excluding hydrogens is 348 g/mol. The van der Waals surface area contributed by atoms with Gasteiger partial charge in [0.1, 0.15) is 0 Å². The highest BCUT2D eigenvalue weighted by atomic mass is 16.1. The number of nitrogens with one attached hydrogen (secondary N) is 1. The maximum absolute atomic E-state index is 12.6. The van der Waals surface area contributed by atoms with Crippen LogP contribution in [0.25, 0.3) is 0 Å². The third kappa shape index (κ3) is 5.52. The maximum atomic E-state index is 12.6. The molecular formula is C24H30N2O2. The normalized spacial score (nSPS) is 15.8. The Kier molecular flexibility index (Phi) is 7.38. The van der Waals surface area contributed by atoms with Gasteiger partial charge in [0.15, 0.2) is 5.78 Å². The van der Waals surface area contributed by atoms with Crippen LogP contribution in [-0.4, -0.2) is 42.8 Å². The zero-order chi connectivity index (χ0) is 19.8. The Labute approximate surface area is 167 Å². The fourth-order valence-corrected chi connectivity index (χ4v) is 3.71. The summed E-state index contributed by atoms with van der Waals surface area (Å²) < 4.78 is 0. The van der Waals surface area contributed by atoms with Gasteiger partial charge >= 0.3 is 0 Å². The zero-order valence-corrected chi connectivity index (χ0v) is 16.7. The van der Waals surface area contributed by atoms with Gasteiger partial charge in [-0.3, -0.25) is 9.59 Å². The van der Waals surface area contributed by atoms with E-state index in [4.69, 9.17) is 0 Å². The minimum absolute atomic E-state index is 0.0166. The average molecular weight is 379 g/mol. The first-order valence-electron chi connectivity index (χ1n) is 10.3. The van der Waals surface area contributed by atoms with Crippen LogP contribution >= 0.6 is 0 Å². The van der Waals surface area contributed by atoms with Crippen molar-refractivity contribution in [1.29, 1.82) is 0 Å². The van der Waals surface area contributed by atoms with E-state index in [2.05, 4.69) is 10.2 Å². The molecule has 1 fully saturated rings. The number of amides is 1. The van der Waals surface area contributed by atoms with E-state index in [-0.39, 0.29) is 17.6 Å². The van der Waals surface area contributed by atoms with Crippen LogP contribution in [-0.2, 0) is 4.79 Å². The maximum Gasteiger partial charge on any atom is 0.227 e. The van der Waals surface area contributed by atoms with Crippen LogP contribution in [0.1, 0.15) is 60.0 Å². The second kappa shape index (κ2) is 10.2. The number of nitrogens with zero attached hydrogens (tertiary/aromatic N) is 1. The van der Waals surface area contributed by atoms with Crippen molar-refractivity contribution in [2.45, 2.75) is 38.5 Å². The van der Waals surface area contributed by atoms with E-state index in [0.29, 0.717) is 17.7 Å². The second-order valence-electron chi connectivity index (χ2n) is 7.59. The lowest BCUT2D eigenvalue weighted by Crippen LogP contribution is -2.34. The summed E-state index contributed by atoms with van der Waals surface area (Å²) in [5.74, 6) is -0.280. The van der Waals surface area contributed by atoms with Gasteiger partial charge in [0.25, 0.3) is 0 Å². The number of carbonyl (C=O) groups excluding carboxylic acids is 2. The summed E-state index contributed by atoms with van der Waals surface area (Å²) >= 11 is 0. The molecule has 0 aliphatic carbocycles. The molecule has 0 bridgehead atoms. The summed E-state index contributed by atoms with van der Waals surface area (Å²) in [6, 6.07) is 16.7. The molecule has 4 heteroatoms. The van der Waals surface area contributed by atoms with Gasteiger partial charge < -0.3 is 10.2 Å². The third-order valence-corrected chi connectivity index (χ3v) is 5.48. The third-order valence-electron chi connectivity index (χ3n) is 5.48. The summed E-state index contributed by atoms with van der Waals surface area (Å²) in [5, 5.41) is 3.05. The molecule has 1 amide bonds. The molecule has 0 saturated carbocycles. The Bertz CT molecular complexity index is 782. The van der Waals surface area contributed by atoms with Gasteiger partial charge in [-0.2, -0.15) is 0 Å². The smallest absolute Gasteiger partial charge is 0.227 e. The topological polar surface area (TPSA) is 49.4 Å². The molecule has 0 radical (unpaired) electrons. The molecule has 1 heterocycles. The van der Waals surface area contributed by atoms with Gasteiger partial charge in [0.05, 0.1) is 5.92 Å². The van der Waals surface area contributed by atoms with E-state index in [9.17, 15) is 9.59 Å². The molecule has 1 aliphatic rings. The van der Waals surface area contributed by atoms with Gasteiger partial charge in [-0.1, -0.05) is 55.0 Å². The Morgan fingerprint density at radius 1 is 0.964 bits per heavy atom. The second-order valence-corrected chi connectivity index (χ2v) is 7.59. The Hall–Kier alpha value is -2.46. The average Bonchev–Trinajstić information content (AvgIpc) is 2.77. The number of ketones is 1. The predicted octanol–water partition coefficient (Wildman–Crippen LogP) is 4.01. The zero-order valence-electron chi connectivity index (χ0n) is 16.7. The van der Waals surface area contributed by atoms with E-state index in [1.807, 2.05) is 61.5 Å². The van der Waals surface area contributed by atoms with Crippen LogP contribution in [0.5, 0.6) is 0 Å². The fraction of sp³-hybridized carbons (Fsp3) is 0.417. The first-order chi connectivity index (χ1) is 13.6. The molecule has 0 aromatic heterocycles. The van der Waals surface area contributed by atoms with Gasteiger partial charge in [-0.25, -0.2) is 0 Å². The van der Waals surface area contributed by atoms with Crippen molar-refractivity contribution < 1.29 is 9.59 Å². The summed E-state index contributed by atoms with van der Waals surface area (Å²) in [4.78, 5) is 27.7. The first kappa shape index (κ1) is 20.3. The number of benzene rings is 2. The summed E-state index contributed by atoms with van der Waals surface area (Å²) in [5.41, 5.74) is 2.15. The van der Waals surface area contributed by atoms with Crippen LogP contribution in [0.2, 0.25) is 0 Å². The van der Waals surface area contributed by atoms with Gasteiger partial charge in [0, 0.05) is 17.7 Å². The van der Waals surface area contributed by atoms with Crippen molar-refractivity contribution >= 4 is 11.7 Å². The van der Waals surface area contributed by atoms with Crippen LogP contribution in [0.3, 0.4) is 0 Å². The fourth-order valence-electron chi connectivity index (χ4n) is 3.71. The molecule has 1 atom stereocenters. The summed E-state index contributed by atoms with van der Waals surface area (Å²) in [7, 11) is 0. The molecule has 2 aromatic carbocycles.